The first-order valence-corrected chi connectivity index (χ1v) is 3.74. The summed E-state index contributed by atoms with van der Waals surface area (Å²) in [6, 6.07) is 1.67. The summed E-state index contributed by atoms with van der Waals surface area (Å²) in [5.74, 6) is -0.373. The van der Waals surface area contributed by atoms with Gasteiger partial charge in [0.1, 0.15) is 0 Å². The van der Waals surface area contributed by atoms with Crippen molar-refractivity contribution in [2.45, 2.75) is 6.92 Å². The van der Waals surface area contributed by atoms with Crippen LogP contribution in [0.4, 0.5) is 5.69 Å². The summed E-state index contributed by atoms with van der Waals surface area (Å²) in [6.45, 7) is 2.13. The molecule has 0 saturated carbocycles. The third-order valence-electron chi connectivity index (χ3n) is 1.57. The van der Waals surface area contributed by atoms with Crippen LogP contribution >= 0.6 is 12.4 Å². The van der Waals surface area contributed by atoms with Gasteiger partial charge in [0.05, 0.1) is 12.3 Å². The van der Waals surface area contributed by atoms with Gasteiger partial charge in [-0.15, -0.1) is 12.4 Å². The molecule has 74 valence electrons. The molecule has 2 N–H and O–H groups in total. The number of nitrogen functional groups attached to an aromatic ring is 1. The number of anilines is 1. The fraction of sp³-hybridized carbons (Fsp3) is 0.375. The average Bonchev–Trinajstić information content (AvgIpc) is 2.32. The Kier molecular flexibility index (Phi) is 4.34. The average molecular weight is 205 g/mol. The molecule has 1 heterocycles. The number of rotatable bonds is 2. The lowest BCUT2D eigenvalue weighted by molar-refractivity contribution is 0.0516. The van der Waals surface area contributed by atoms with Crippen molar-refractivity contribution < 1.29 is 9.53 Å². The topological polar surface area (TPSA) is 57.2 Å². The van der Waals surface area contributed by atoms with Gasteiger partial charge in [0.25, 0.3) is 0 Å². The van der Waals surface area contributed by atoms with Crippen molar-refractivity contribution in [2.75, 3.05) is 12.3 Å². The third-order valence-corrected chi connectivity index (χ3v) is 1.57. The van der Waals surface area contributed by atoms with Crippen LogP contribution in [0.15, 0.2) is 12.3 Å². The van der Waals surface area contributed by atoms with E-state index < -0.39 is 0 Å². The third kappa shape index (κ3) is 2.39. The van der Waals surface area contributed by atoms with Gasteiger partial charge in [-0.1, -0.05) is 0 Å². The summed E-state index contributed by atoms with van der Waals surface area (Å²) in [5, 5.41) is 0. The van der Waals surface area contributed by atoms with Crippen LogP contribution in [-0.2, 0) is 11.8 Å². The number of esters is 1. The summed E-state index contributed by atoms with van der Waals surface area (Å²) < 4.78 is 6.45. The molecule has 0 aliphatic carbocycles. The summed E-state index contributed by atoms with van der Waals surface area (Å²) in [6.07, 6.45) is 1.72. The highest BCUT2D eigenvalue weighted by molar-refractivity contribution is 5.93. The molecule has 0 unspecified atom stereocenters. The molecule has 13 heavy (non-hydrogen) atoms. The molecule has 1 aromatic heterocycles. The number of aromatic nitrogens is 1. The molecule has 0 aliphatic rings. The summed E-state index contributed by atoms with van der Waals surface area (Å²) in [7, 11) is 1.75. The van der Waals surface area contributed by atoms with Crippen molar-refractivity contribution in [3.05, 3.63) is 18.0 Å². The van der Waals surface area contributed by atoms with E-state index in [0.717, 1.165) is 0 Å². The molecule has 0 fully saturated rings. The number of carbonyl (C=O) groups excluding carboxylic acids is 1. The number of nitrogens with zero attached hydrogens (tertiary/aromatic N) is 1. The van der Waals surface area contributed by atoms with Gasteiger partial charge in [-0.2, -0.15) is 0 Å². The zero-order valence-electron chi connectivity index (χ0n) is 7.61. The quantitative estimate of drug-likeness (QED) is 0.737. The standard InChI is InChI=1S/C8H12N2O2.ClH/c1-3-12-8(11)7-6(9)4-5-10(7)2;/h4-5H,3,9H2,1-2H3;1H. The Hall–Kier alpha value is -1.16. The van der Waals surface area contributed by atoms with Gasteiger partial charge in [-0.3, -0.25) is 0 Å². The maximum absolute atomic E-state index is 11.2. The first-order chi connectivity index (χ1) is 5.66. The predicted octanol–water partition coefficient (Wildman–Crippen LogP) is 1.21. The number of aryl methyl sites for hydroxylation is 1. The molecule has 5 heteroatoms. The fourth-order valence-corrected chi connectivity index (χ4v) is 1.01. The molecular formula is C8H13ClN2O2. The van der Waals surface area contributed by atoms with Gasteiger partial charge in [-0.25, -0.2) is 4.79 Å². The maximum atomic E-state index is 11.2. The number of nitrogens with two attached hydrogens (primary N) is 1. The predicted molar refractivity (Wildman–Crippen MR) is 53.0 cm³/mol. The molecule has 4 nitrogen and oxygen atoms in total. The normalized spacial score (nSPS) is 9.08. The molecule has 1 rings (SSSR count). The SMILES string of the molecule is CCOC(=O)c1c(N)ccn1C.Cl. The smallest absolute Gasteiger partial charge is 0.357 e. The lowest BCUT2D eigenvalue weighted by atomic mass is 10.4. The van der Waals surface area contributed by atoms with Crippen LogP contribution in [-0.4, -0.2) is 17.1 Å². The first-order valence-electron chi connectivity index (χ1n) is 3.74. The number of halogens is 1. The van der Waals surface area contributed by atoms with Crippen molar-refractivity contribution in [1.82, 2.24) is 4.57 Å². The Balaban J connectivity index is 0.00000144. The first kappa shape index (κ1) is 11.8. The second kappa shape index (κ2) is 4.77. The molecule has 0 spiro atoms. The molecule has 0 amide bonds. The molecule has 0 saturated heterocycles. The molecular weight excluding hydrogens is 192 g/mol. The van der Waals surface area contributed by atoms with E-state index in [-0.39, 0.29) is 18.4 Å². The van der Waals surface area contributed by atoms with Gasteiger partial charge in [0.15, 0.2) is 5.69 Å². The van der Waals surface area contributed by atoms with Gasteiger partial charge >= 0.3 is 5.97 Å². The van der Waals surface area contributed by atoms with Gasteiger partial charge < -0.3 is 15.0 Å². The highest BCUT2D eigenvalue weighted by Gasteiger charge is 2.13. The van der Waals surface area contributed by atoms with Crippen LogP contribution < -0.4 is 5.73 Å². The highest BCUT2D eigenvalue weighted by atomic mass is 35.5. The van der Waals surface area contributed by atoms with Crippen LogP contribution in [0.25, 0.3) is 0 Å². The zero-order valence-corrected chi connectivity index (χ0v) is 8.43. The number of ether oxygens (including phenoxy) is 1. The maximum Gasteiger partial charge on any atom is 0.357 e. The van der Waals surface area contributed by atoms with Crippen molar-refractivity contribution >= 4 is 24.1 Å². The summed E-state index contributed by atoms with van der Waals surface area (Å²) >= 11 is 0. The fourth-order valence-electron chi connectivity index (χ4n) is 1.01. The second-order valence-corrected chi connectivity index (χ2v) is 2.45. The number of carbonyl (C=O) groups is 1. The van der Waals surface area contributed by atoms with E-state index in [1.165, 1.54) is 0 Å². The van der Waals surface area contributed by atoms with Crippen molar-refractivity contribution in [3.63, 3.8) is 0 Å². The van der Waals surface area contributed by atoms with Crippen LogP contribution in [0.3, 0.4) is 0 Å². The number of hydrogen-bond acceptors (Lipinski definition) is 3. The summed E-state index contributed by atoms with van der Waals surface area (Å²) in [5.41, 5.74) is 6.42. The minimum atomic E-state index is -0.373. The monoisotopic (exact) mass is 204 g/mol. The minimum absolute atomic E-state index is 0. The van der Waals surface area contributed by atoms with E-state index in [1.807, 2.05) is 0 Å². The number of hydrogen-bond donors (Lipinski definition) is 1. The van der Waals surface area contributed by atoms with E-state index in [1.54, 1.807) is 30.8 Å². The van der Waals surface area contributed by atoms with E-state index >= 15 is 0 Å². The van der Waals surface area contributed by atoms with E-state index in [0.29, 0.717) is 18.0 Å². The van der Waals surface area contributed by atoms with Crippen molar-refractivity contribution in [3.8, 4) is 0 Å². The molecule has 0 atom stereocenters. The van der Waals surface area contributed by atoms with Crippen LogP contribution in [0, 0.1) is 0 Å². The van der Waals surface area contributed by atoms with Crippen LogP contribution in [0.1, 0.15) is 17.4 Å². The van der Waals surface area contributed by atoms with E-state index in [4.69, 9.17) is 10.5 Å². The molecule has 1 aromatic rings. The lowest BCUT2D eigenvalue weighted by Gasteiger charge is -2.03. The highest BCUT2D eigenvalue weighted by Crippen LogP contribution is 2.12. The molecule has 0 aliphatic heterocycles. The van der Waals surface area contributed by atoms with Crippen LogP contribution in [0.5, 0.6) is 0 Å². The van der Waals surface area contributed by atoms with E-state index in [9.17, 15) is 4.79 Å². The van der Waals surface area contributed by atoms with E-state index in [2.05, 4.69) is 0 Å². The Morgan fingerprint density at radius 3 is 2.69 bits per heavy atom. The Morgan fingerprint density at radius 1 is 1.69 bits per heavy atom. The Bertz CT molecular complexity index is 277. The molecule has 0 bridgehead atoms. The summed E-state index contributed by atoms with van der Waals surface area (Å²) in [4.78, 5) is 11.2. The molecule has 0 radical (unpaired) electrons. The molecule has 0 aromatic carbocycles. The minimum Gasteiger partial charge on any atom is -0.461 e. The largest absolute Gasteiger partial charge is 0.461 e. The van der Waals surface area contributed by atoms with Crippen molar-refractivity contribution in [2.24, 2.45) is 7.05 Å². The van der Waals surface area contributed by atoms with Crippen LogP contribution in [0.2, 0.25) is 0 Å². The van der Waals surface area contributed by atoms with Gasteiger partial charge in [0, 0.05) is 13.2 Å². The van der Waals surface area contributed by atoms with Gasteiger partial charge in [0.2, 0.25) is 0 Å². The second-order valence-electron chi connectivity index (χ2n) is 2.45. The van der Waals surface area contributed by atoms with Crippen molar-refractivity contribution in [1.29, 1.82) is 0 Å². The zero-order chi connectivity index (χ0) is 9.14. The lowest BCUT2D eigenvalue weighted by Crippen LogP contribution is -2.11. The Morgan fingerprint density at radius 2 is 2.31 bits per heavy atom. The van der Waals surface area contributed by atoms with Gasteiger partial charge in [-0.05, 0) is 13.0 Å². The Labute approximate surface area is 83.1 Å².